The van der Waals surface area contributed by atoms with Gasteiger partial charge in [0.15, 0.2) is 5.16 Å². The molecule has 2 heterocycles. The first-order valence-corrected chi connectivity index (χ1v) is 10.4. The molecule has 1 aromatic carbocycles. The first-order chi connectivity index (χ1) is 13.6. The number of fused-ring (bicyclic) bond motifs is 3. The van der Waals surface area contributed by atoms with Gasteiger partial charge in [-0.15, -0.1) is 16.8 Å². The van der Waals surface area contributed by atoms with Gasteiger partial charge in [0.1, 0.15) is 0 Å². The summed E-state index contributed by atoms with van der Waals surface area (Å²) in [7, 11) is 0. The first kappa shape index (κ1) is 18.7. The second kappa shape index (κ2) is 7.79. The van der Waals surface area contributed by atoms with Crippen molar-refractivity contribution >= 4 is 34.3 Å². The van der Waals surface area contributed by atoms with E-state index in [4.69, 9.17) is 0 Å². The number of hydrogen-bond acceptors (Lipinski definition) is 5. The zero-order chi connectivity index (χ0) is 19.7. The van der Waals surface area contributed by atoms with E-state index < -0.39 is 0 Å². The summed E-state index contributed by atoms with van der Waals surface area (Å²) in [4.78, 5) is 25.4. The van der Waals surface area contributed by atoms with Crippen LogP contribution in [0.4, 0.5) is 0 Å². The van der Waals surface area contributed by atoms with Gasteiger partial charge in [-0.25, -0.2) is 0 Å². The molecule has 1 atom stereocenters. The first-order valence-electron chi connectivity index (χ1n) is 9.54. The third kappa shape index (κ3) is 3.32. The highest BCUT2D eigenvalue weighted by molar-refractivity contribution is 8.00. The third-order valence-corrected chi connectivity index (χ3v) is 6.19. The average molecular weight is 398 g/mol. The van der Waals surface area contributed by atoms with Gasteiger partial charge in [-0.2, -0.15) is 0 Å². The van der Waals surface area contributed by atoms with Gasteiger partial charge in [-0.3, -0.25) is 18.6 Å². The number of aromatic nitrogens is 4. The number of nitrogens with one attached hydrogen (secondary N) is 1. The fraction of sp³-hybridized carbons (Fsp3) is 0.400. The molecule has 0 radical (unpaired) electrons. The molecule has 2 aromatic heterocycles. The summed E-state index contributed by atoms with van der Waals surface area (Å²) < 4.78 is 3.40. The van der Waals surface area contributed by atoms with E-state index in [1.54, 1.807) is 16.7 Å². The maximum atomic E-state index is 12.8. The lowest BCUT2D eigenvalue weighted by Crippen LogP contribution is -2.37. The topological polar surface area (TPSA) is 81.3 Å². The molecule has 4 rings (SSSR count). The van der Waals surface area contributed by atoms with Crippen molar-refractivity contribution in [2.45, 2.75) is 55.6 Å². The van der Waals surface area contributed by atoms with E-state index in [0.717, 1.165) is 18.4 Å². The summed E-state index contributed by atoms with van der Waals surface area (Å²) in [5.41, 5.74) is 0.609. The lowest BCUT2D eigenvalue weighted by Gasteiger charge is -2.16. The van der Waals surface area contributed by atoms with Gasteiger partial charge in [-0.1, -0.05) is 42.8 Å². The number of amides is 1. The van der Waals surface area contributed by atoms with Crippen molar-refractivity contribution < 1.29 is 4.79 Å². The lowest BCUT2D eigenvalue weighted by atomic mass is 10.2. The molecule has 0 unspecified atom stereocenters. The Morgan fingerprint density at radius 1 is 1.36 bits per heavy atom. The summed E-state index contributed by atoms with van der Waals surface area (Å²) in [6, 6.07) is 7.66. The van der Waals surface area contributed by atoms with E-state index in [0.29, 0.717) is 22.9 Å². The monoisotopic (exact) mass is 397 g/mol. The van der Waals surface area contributed by atoms with E-state index in [1.165, 1.54) is 24.6 Å². The van der Waals surface area contributed by atoms with Crippen molar-refractivity contribution in [2.75, 3.05) is 0 Å². The maximum absolute atomic E-state index is 12.8. The second-order valence-electron chi connectivity index (χ2n) is 7.09. The number of hydrogen-bond donors (Lipinski definition) is 1. The van der Waals surface area contributed by atoms with Crippen LogP contribution < -0.4 is 10.9 Å². The highest BCUT2D eigenvalue weighted by atomic mass is 32.2. The van der Waals surface area contributed by atoms with Crippen LogP contribution in [-0.4, -0.2) is 36.4 Å². The Balaban J connectivity index is 1.72. The molecule has 1 N–H and O–H groups in total. The quantitative estimate of drug-likeness (QED) is 0.511. The van der Waals surface area contributed by atoms with Crippen LogP contribution in [0.2, 0.25) is 0 Å². The molecule has 8 heteroatoms. The predicted molar refractivity (Wildman–Crippen MR) is 111 cm³/mol. The van der Waals surface area contributed by atoms with Gasteiger partial charge in [0.25, 0.3) is 5.56 Å². The molecule has 1 saturated carbocycles. The van der Waals surface area contributed by atoms with Crippen LogP contribution in [0.1, 0.15) is 32.6 Å². The number of thioether (sulfide) groups is 1. The summed E-state index contributed by atoms with van der Waals surface area (Å²) >= 11 is 1.35. The van der Waals surface area contributed by atoms with Gasteiger partial charge >= 0.3 is 0 Å². The number of para-hydroxylation sites is 1. The molecule has 28 heavy (non-hydrogen) atoms. The van der Waals surface area contributed by atoms with Crippen LogP contribution in [0.3, 0.4) is 0 Å². The van der Waals surface area contributed by atoms with Gasteiger partial charge in [-0.05, 0) is 31.9 Å². The Morgan fingerprint density at radius 3 is 2.86 bits per heavy atom. The van der Waals surface area contributed by atoms with E-state index in [2.05, 4.69) is 22.1 Å². The number of rotatable bonds is 6. The summed E-state index contributed by atoms with van der Waals surface area (Å²) in [6.45, 7) is 5.95. The van der Waals surface area contributed by atoms with Crippen molar-refractivity contribution in [3.8, 4) is 0 Å². The second-order valence-corrected chi connectivity index (χ2v) is 8.40. The van der Waals surface area contributed by atoms with Gasteiger partial charge in [0.2, 0.25) is 11.7 Å². The molecule has 1 aliphatic rings. The largest absolute Gasteiger partial charge is 0.352 e. The minimum absolute atomic E-state index is 0.0115. The van der Waals surface area contributed by atoms with Crippen LogP contribution in [0.25, 0.3) is 16.7 Å². The lowest BCUT2D eigenvalue weighted by molar-refractivity contribution is -0.120. The highest BCUT2D eigenvalue weighted by Crippen LogP contribution is 2.26. The van der Waals surface area contributed by atoms with E-state index in [9.17, 15) is 9.59 Å². The molecule has 0 aliphatic heterocycles. The standard InChI is InChI=1S/C20H23N5O2S/c1-3-12-24-18(27)15-10-6-7-11-16(15)25-19(24)22-23-20(25)28-13(2)17(26)21-14-8-4-5-9-14/h3,6-7,10-11,13-14H,1,4-5,8-9,12H2,2H3,(H,21,26)/t13-/m0/s1. The molecular weight excluding hydrogens is 374 g/mol. The number of nitrogens with zero attached hydrogens (tertiary/aromatic N) is 4. The average Bonchev–Trinajstić information content (AvgIpc) is 3.35. The molecule has 1 amide bonds. The number of carbonyl (C=O) groups is 1. The van der Waals surface area contributed by atoms with Crippen LogP contribution in [0.5, 0.6) is 0 Å². The molecule has 0 spiro atoms. The number of benzene rings is 1. The Bertz CT molecular complexity index is 1100. The third-order valence-electron chi connectivity index (χ3n) is 5.14. The molecule has 1 aliphatic carbocycles. The fourth-order valence-corrected chi connectivity index (χ4v) is 4.57. The van der Waals surface area contributed by atoms with Crippen molar-refractivity contribution in [2.24, 2.45) is 0 Å². The zero-order valence-corrected chi connectivity index (χ0v) is 16.6. The van der Waals surface area contributed by atoms with Gasteiger partial charge < -0.3 is 5.32 Å². The predicted octanol–water partition coefficient (Wildman–Crippen LogP) is 2.77. The SMILES string of the molecule is C=CCn1c(=O)c2ccccc2n2c(S[C@@H](C)C(=O)NC3CCCC3)nnc12. The molecule has 1 fully saturated rings. The minimum Gasteiger partial charge on any atom is -0.352 e. The molecule has 7 nitrogen and oxygen atoms in total. The molecule has 0 bridgehead atoms. The van der Waals surface area contributed by atoms with Crippen molar-refractivity contribution in [3.05, 3.63) is 47.3 Å². The Labute approximate surface area is 166 Å². The summed E-state index contributed by atoms with van der Waals surface area (Å²) in [5.74, 6) is 0.465. The van der Waals surface area contributed by atoms with E-state index in [-0.39, 0.29) is 22.8 Å². The van der Waals surface area contributed by atoms with Crippen LogP contribution in [0, 0.1) is 0 Å². The fourth-order valence-electron chi connectivity index (χ4n) is 3.70. The number of allylic oxidation sites excluding steroid dienone is 1. The smallest absolute Gasteiger partial charge is 0.263 e. The Hall–Kier alpha value is -2.61. The molecule has 0 saturated heterocycles. The summed E-state index contributed by atoms with van der Waals surface area (Å²) in [6.07, 6.45) is 6.11. The van der Waals surface area contributed by atoms with Crippen molar-refractivity contribution in [1.29, 1.82) is 0 Å². The van der Waals surface area contributed by atoms with Gasteiger partial charge in [0, 0.05) is 12.6 Å². The van der Waals surface area contributed by atoms with Crippen LogP contribution >= 0.6 is 11.8 Å². The normalized spacial score (nSPS) is 15.9. The van der Waals surface area contributed by atoms with Gasteiger partial charge in [0.05, 0.1) is 16.2 Å². The molecule has 3 aromatic rings. The van der Waals surface area contributed by atoms with Crippen molar-refractivity contribution in [1.82, 2.24) is 24.5 Å². The van der Waals surface area contributed by atoms with Crippen LogP contribution in [0.15, 0.2) is 46.9 Å². The van der Waals surface area contributed by atoms with E-state index in [1.807, 2.05) is 29.5 Å². The summed E-state index contributed by atoms with van der Waals surface area (Å²) in [5, 5.41) is 12.5. The van der Waals surface area contributed by atoms with E-state index >= 15 is 0 Å². The molecular formula is C20H23N5O2S. The Kier molecular flexibility index (Phi) is 5.21. The van der Waals surface area contributed by atoms with Crippen molar-refractivity contribution in [3.63, 3.8) is 0 Å². The number of carbonyl (C=O) groups excluding carboxylic acids is 1. The maximum Gasteiger partial charge on any atom is 0.263 e. The van der Waals surface area contributed by atoms with Crippen LogP contribution in [-0.2, 0) is 11.3 Å². The minimum atomic E-state index is -0.313. The Morgan fingerprint density at radius 2 is 2.11 bits per heavy atom. The zero-order valence-electron chi connectivity index (χ0n) is 15.8. The molecule has 146 valence electrons. The highest BCUT2D eigenvalue weighted by Gasteiger charge is 2.24.